The number of ether oxygens (including phenoxy) is 1. The van der Waals surface area contributed by atoms with Crippen molar-refractivity contribution in [1.82, 2.24) is 0 Å². The van der Waals surface area contributed by atoms with Gasteiger partial charge in [-0.05, 0) is 24.3 Å². The van der Waals surface area contributed by atoms with Crippen LogP contribution < -0.4 is 10.1 Å². The fourth-order valence-corrected chi connectivity index (χ4v) is 1.62. The number of para-hydroxylation sites is 2. The molecule has 0 aromatic heterocycles. The molecule has 0 spiro atoms. The van der Waals surface area contributed by atoms with Gasteiger partial charge in [0.15, 0.2) is 11.5 Å². The number of fused-ring (bicyclic) bond motifs is 2. The van der Waals surface area contributed by atoms with Crippen molar-refractivity contribution in [1.29, 1.82) is 0 Å². The summed E-state index contributed by atoms with van der Waals surface area (Å²) in [4.78, 5) is 0. The van der Waals surface area contributed by atoms with E-state index in [0.717, 1.165) is 17.1 Å². The van der Waals surface area contributed by atoms with Crippen LogP contribution in [-0.4, -0.2) is 5.11 Å². The van der Waals surface area contributed by atoms with E-state index in [1.807, 2.05) is 24.3 Å². The Kier molecular flexibility index (Phi) is 1.59. The lowest BCUT2D eigenvalue weighted by Crippen LogP contribution is -2.01. The summed E-state index contributed by atoms with van der Waals surface area (Å²) in [5.74, 6) is 1.62. The highest BCUT2D eigenvalue weighted by atomic mass is 16.5. The van der Waals surface area contributed by atoms with Crippen LogP contribution in [0.3, 0.4) is 0 Å². The molecule has 0 bridgehead atoms. The second kappa shape index (κ2) is 2.92. The molecule has 1 aliphatic rings. The number of aromatic hydroxyl groups is 1. The van der Waals surface area contributed by atoms with Crippen molar-refractivity contribution in [3.05, 3.63) is 42.5 Å². The number of anilines is 2. The van der Waals surface area contributed by atoms with Crippen molar-refractivity contribution in [2.45, 2.75) is 0 Å². The Morgan fingerprint density at radius 1 is 0.933 bits per heavy atom. The van der Waals surface area contributed by atoms with E-state index in [4.69, 9.17) is 4.74 Å². The number of phenols is 1. The van der Waals surface area contributed by atoms with Gasteiger partial charge in [-0.1, -0.05) is 12.1 Å². The van der Waals surface area contributed by atoms with Crippen LogP contribution in [0.5, 0.6) is 17.2 Å². The molecular formula is C12H9NO2. The van der Waals surface area contributed by atoms with Crippen LogP contribution in [0, 0.1) is 0 Å². The van der Waals surface area contributed by atoms with Gasteiger partial charge in [0.05, 0.1) is 11.4 Å². The van der Waals surface area contributed by atoms with E-state index in [1.54, 1.807) is 18.2 Å². The third-order valence-electron chi connectivity index (χ3n) is 2.34. The van der Waals surface area contributed by atoms with Gasteiger partial charge in [-0.3, -0.25) is 0 Å². The molecule has 2 aromatic carbocycles. The van der Waals surface area contributed by atoms with E-state index in [1.165, 1.54) is 0 Å². The summed E-state index contributed by atoms with van der Waals surface area (Å²) in [5.41, 5.74) is 1.81. The molecule has 1 aliphatic heterocycles. The molecule has 0 fully saturated rings. The van der Waals surface area contributed by atoms with Gasteiger partial charge >= 0.3 is 0 Å². The van der Waals surface area contributed by atoms with E-state index in [-0.39, 0.29) is 5.75 Å². The van der Waals surface area contributed by atoms with Crippen LogP contribution in [0.2, 0.25) is 0 Å². The average molecular weight is 199 g/mol. The summed E-state index contributed by atoms with van der Waals surface area (Å²) in [5, 5.41) is 12.6. The number of benzene rings is 2. The molecule has 0 amide bonds. The maximum Gasteiger partial charge on any atom is 0.154 e. The van der Waals surface area contributed by atoms with Crippen molar-refractivity contribution < 1.29 is 9.84 Å². The predicted molar refractivity (Wildman–Crippen MR) is 57.9 cm³/mol. The van der Waals surface area contributed by atoms with Crippen LogP contribution >= 0.6 is 0 Å². The molecule has 2 N–H and O–H groups in total. The fourth-order valence-electron chi connectivity index (χ4n) is 1.62. The first-order valence-electron chi connectivity index (χ1n) is 4.70. The van der Waals surface area contributed by atoms with E-state index in [9.17, 15) is 5.11 Å². The minimum atomic E-state index is 0.204. The van der Waals surface area contributed by atoms with E-state index >= 15 is 0 Å². The second-order valence-corrected chi connectivity index (χ2v) is 3.40. The van der Waals surface area contributed by atoms with Crippen molar-refractivity contribution >= 4 is 11.4 Å². The average Bonchev–Trinajstić information content (AvgIpc) is 2.26. The highest BCUT2D eigenvalue weighted by Gasteiger charge is 2.15. The smallest absolute Gasteiger partial charge is 0.154 e. The van der Waals surface area contributed by atoms with Gasteiger partial charge < -0.3 is 15.2 Å². The Morgan fingerprint density at radius 3 is 2.67 bits per heavy atom. The molecule has 0 unspecified atom stereocenters. The van der Waals surface area contributed by atoms with Crippen LogP contribution in [0.1, 0.15) is 0 Å². The number of hydrogen-bond donors (Lipinski definition) is 2. The van der Waals surface area contributed by atoms with Crippen LogP contribution in [0.4, 0.5) is 11.4 Å². The molecular weight excluding hydrogens is 190 g/mol. The van der Waals surface area contributed by atoms with Crippen LogP contribution in [-0.2, 0) is 0 Å². The Bertz CT molecular complexity index is 523. The number of hydrogen-bond acceptors (Lipinski definition) is 3. The lowest BCUT2D eigenvalue weighted by Gasteiger charge is -2.21. The molecule has 0 radical (unpaired) electrons. The van der Waals surface area contributed by atoms with Gasteiger partial charge in [-0.15, -0.1) is 0 Å². The van der Waals surface area contributed by atoms with Gasteiger partial charge in [0.25, 0.3) is 0 Å². The van der Waals surface area contributed by atoms with Gasteiger partial charge in [0, 0.05) is 6.07 Å². The summed E-state index contributed by atoms with van der Waals surface area (Å²) >= 11 is 0. The molecule has 2 aromatic rings. The van der Waals surface area contributed by atoms with Crippen LogP contribution in [0.25, 0.3) is 0 Å². The molecule has 1 heterocycles. The first-order valence-corrected chi connectivity index (χ1v) is 4.70. The predicted octanol–water partition coefficient (Wildman–Crippen LogP) is 3.24. The number of phenolic OH excluding ortho intramolecular Hbond substituents is 1. The van der Waals surface area contributed by atoms with E-state index < -0.39 is 0 Å². The maximum absolute atomic E-state index is 9.33. The van der Waals surface area contributed by atoms with Crippen molar-refractivity contribution in [2.75, 3.05) is 5.32 Å². The summed E-state index contributed by atoms with van der Waals surface area (Å²) in [6.07, 6.45) is 0. The first kappa shape index (κ1) is 8.17. The zero-order valence-electron chi connectivity index (χ0n) is 7.90. The highest BCUT2D eigenvalue weighted by molar-refractivity contribution is 5.75. The van der Waals surface area contributed by atoms with Gasteiger partial charge in [-0.2, -0.15) is 0 Å². The molecule has 15 heavy (non-hydrogen) atoms. The lowest BCUT2D eigenvalue weighted by atomic mass is 10.2. The molecule has 0 atom stereocenters. The van der Waals surface area contributed by atoms with Gasteiger partial charge in [0.1, 0.15) is 5.75 Å². The van der Waals surface area contributed by atoms with Crippen LogP contribution in [0.15, 0.2) is 42.5 Å². The Morgan fingerprint density at radius 2 is 1.73 bits per heavy atom. The number of nitrogens with one attached hydrogen (secondary N) is 1. The van der Waals surface area contributed by atoms with E-state index in [2.05, 4.69) is 5.32 Å². The molecule has 0 saturated carbocycles. The SMILES string of the molecule is Oc1ccc2c(c1)Oc1ccccc1N2. The number of rotatable bonds is 0. The third kappa shape index (κ3) is 1.29. The minimum absolute atomic E-state index is 0.204. The summed E-state index contributed by atoms with van der Waals surface area (Å²) in [6.45, 7) is 0. The summed E-state index contributed by atoms with van der Waals surface area (Å²) in [6, 6.07) is 12.7. The van der Waals surface area contributed by atoms with Crippen molar-refractivity contribution in [3.63, 3.8) is 0 Å². The molecule has 0 aliphatic carbocycles. The topological polar surface area (TPSA) is 41.5 Å². The largest absolute Gasteiger partial charge is 0.508 e. The molecule has 74 valence electrons. The Hall–Kier alpha value is -2.16. The Labute approximate surface area is 86.9 Å². The monoisotopic (exact) mass is 199 g/mol. The zero-order chi connectivity index (χ0) is 10.3. The molecule has 3 rings (SSSR count). The summed E-state index contributed by atoms with van der Waals surface area (Å²) in [7, 11) is 0. The van der Waals surface area contributed by atoms with Crippen molar-refractivity contribution in [2.24, 2.45) is 0 Å². The lowest BCUT2D eigenvalue weighted by molar-refractivity contribution is 0.454. The minimum Gasteiger partial charge on any atom is -0.508 e. The summed E-state index contributed by atoms with van der Waals surface area (Å²) < 4.78 is 5.64. The fraction of sp³-hybridized carbons (Fsp3) is 0. The maximum atomic E-state index is 9.33. The highest BCUT2D eigenvalue weighted by Crippen LogP contribution is 2.42. The zero-order valence-corrected chi connectivity index (χ0v) is 7.90. The van der Waals surface area contributed by atoms with Crippen molar-refractivity contribution in [3.8, 4) is 17.2 Å². The Balaban J connectivity index is 2.11. The van der Waals surface area contributed by atoms with Gasteiger partial charge in [0.2, 0.25) is 0 Å². The van der Waals surface area contributed by atoms with Gasteiger partial charge in [-0.25, -0.2) is 0 Å². The first-order chi connectivity index (χ1) is 7.33. The standard InChI is InChI=1S/C12H9NO2/c14-8-5-6-10-12(7-8)15-11-4-2-1-3-9(11)13-10/h1-7,13-14H. The molecule has 3 heteroatoms. The molecule has 0 saturated heterocycles. The quantitative estimate of drug-likeness (QED) is 0.546. The normalized spacial score (nSPS) is 12.0. The van der Waals surface area contributed by atoms with E-state index in [0.29, 0.717) is 5.75 Å². The molecule has 3 nitrogen and oxygen atoms in total. The second-order valence-electron chi connectivity index (χ2n) is 3.40. The third-order valence-corrected chi connectivity index (χ3v) is 2.34.